The van der Waals surface area contributed by atoms with Crippen LogP contribution in [-0.2, 0) is 23.7 Å². The highest BCUT2D eigenvalue weighted by Gasteiger charge is 2.52. The number of ether oxygens (including phenoxy) is 5. The molecule has 1 heterocycles. The Hall–Kier alpha value is -5.32. The van der Waals surface area contributed by atoms with Gasteiger partial charge >= 0.3 is 23.9 Å². The van der Waals surface area contributed by atoms with Crippen molar-refractivity contribution in [3.8, 4) is 0 Å². The molecule has 0 amide bonds. The number of hydrogen-bond acceptors (Lipinski definition) is 10. The lowest BCUT2D eigenvalue weighted by molar-refractivity contribution is -0.284. The van der Waals surface area contributed by atoms with Gasteiger partial charge in [0, 0.05) is 0 Å². The predicted octanol–water partition coefficient (Wildman–Crippen LogP) is 4.24. The first-order valence-corrected chi connectivity index (χ1v) is 13.7. The van der Waals surface area contributed by atoms with Gasteiger partial charge in [0.1, 0.15) is 12.7 Å². The molecule has 1 N–H and O–H groups in total. The largest absolute Gasteiger partial charge is 0.459 e. The van der Waals surface area contributed by atoms with Gasteiger partial charge in [-0.05, 0) is 48.5 Å². The maximum absolute atomic E-state index is 13.3. The highest BCUT2D eigenvalue weighted by molar-refractivity contribution is 5.91. The molecule has 5 atom stereocenters. The second kappa shape index (κ2) is 14.2. The summed E-state index contributed by atoms with van der Waals surface area (Å²) in [5.41, 5.74) is 0.736. The predicted molar refractivity (Wildman–Crippen MR) is 155 cm³/mol. The number of carbonyl (C=O) groups excluding carboxylic acids is 4. The van der Waals surface area contributed by atoms with Crippen LogP contribution in [0.25, 0.3) is 0 Å². The zero-order valence-corrected chi connectivity index (χ0v) is 23.3. The lowest BCUT2D eigenvalue weighted by atomic mass is 9.97. The summed E-state index contributed by atoms with van der Waals surface area (Å²) >= 11 is 0. The summed E-state index contributed by atoms with van der Waals surface area (Å²) in [7, 11) is 0. The van der Waals surface area contributed by atoms with Crippen molar-refractivity contribution in [1.29, 1.82) is 0 Å². The monoisotopic (exact) mass is 596 g/mol. The number of aliphatic hydroxyl groups is 1. The van der Waals surface area contributed by atoms with E-state index in [4.69, 9.17) is 23.7 Å². The van der Waals surface area contributed by atoms with Crippen LogP contribution in [0.1, 0.15) is 41.4 Å². The molecule has 0 aromatic heterocycles. The molecule has 10 heteroatoms. The highest BCUT2D eigenvalue weighted by atomic mass is 16.7. The number of carbonyl (C=O) groups is 4. The summed E-state index contributed by atoms with van der Waals surface area (Å²) in [6, 6.07) is 32.1. The Morgan fingerprint density at radius 2 is 0.841 bits per heavy atom. The average molecular weight is 597 g/mol. The van der Waals surface area contributed by atoms with Gasteiger partial charge in [-0.2, -0.15) is 0 Å². The van der Waals surface area contributed by atoms with Crippen LogP contribution in [-0.4, -0.2) is 66.3 Å². The molecule has 5 rings (SSSR count). The van der Waals surface area contributed by atoms with Gasteiger partial charge in [0.15, 0.2) is 24.6 Å². The molecule has 1 saturated heterocycles. The molecule has 10 nitrogen and oxygen atoms in total. The minimum Gasteiger partial charge on any atom is -0.459 e. The number of hydrogen-bond donors (Lipinski definition) is 1. The van der Waals surface area contributed by atoms with Crippen molar-refractivity contribution in [3.05, 3.63) is 144 Å². The number of aliphatic hydroxyl groups excluding tert-OH is 1. The van der Waals surface area contributed by atoms with Gasteiger partial charge in [-0.1, -0.05) is 72.8 Å². The van der Waals surface area contributed by atoms with Crippen molar-refractivity contribution >= 4 is 23.9 Å². The fourth-order valence-electron chi connectivity index (χ4n) is 4.54. The van der Waals surface area contributed by atoms with Crippen molar-refractivity contribution in [2.45, 2.75) is 30.7 Å². The first-order chi connectivity index (χ1) is 21.4. The van der Waals surface area contributed by atoms with Gasteiger partial charge in [-0.25, -0.2) is 19.2 Å². The van der Waals surface area contributed by atoms with Crippen molar-refractivity contribution in [2.24, 2.45) is 0 Å². The summed E-state index contributed by atoms with van der Waals surface area (Å²) in [5, 5.41) is 11.1. The van der Waals surface area contributed by atoms with E-state index in [2.05, 4.69) is 0 Å². The fourth-order valence-corrected chi connectivity index (χ4v) is 4.54. The van der Waals surface area contributed by atoms with Gasteiger partial charge in [0.05, 0.1) is 22.3 Å². The summed E-state index contributed by atoms with van der Waals surface area (Å²) in [6.45, 7) is -0.504. The Morgan fingerprint density at radius 3 is 1.25 bits per heavy atom. The van der Waals surface area contributed by atoms with E-state index in [9.17, 15) is 24.3 Å². The van der Waals surface area contributed by atoms with Crippen LogP contribution in [0.2, 0.25) is 0 Å². The third-order valence-corrected chi connectivity index (χ3v) is 6.76. The Morgan fingerprint density at radius 1 is 0.500 bits per heavy atom. The Kier molecular flexibility index (Phi) is 9.75. The second-order valence-electron chi connectivity index (χ2n) is 9.74. The standard InChI is InChI=1S/C34H28O10/c35-30(22-13-5-1-6-14-22)40-21-26-27(42-31(36)23-15-7-2-8-16-23)28(43-32(37)24-17-9-3-10-18-24)29(34(39)41-26)44-33(38)25-19-11-4-12-20-25/h1-20,26-29,34,39H,21H2/t26?,27-,28?,29?,34+/m1/s1. The molecule has 4 aromatic rings. The van der Waals surface area contributed by atoms with Crippen molar-refractivity contribution in [2.75, 3.05) is 6.61 Å². The molecule has 1 fully saturated rings. The van der Waals surface area contributed by atoms with Crippen LogP contribution in [0, 0.1) is 0 Å². The van der Waals surface area contributed by atoms with Crippen molar-refractivity contribution < 1.29 is 48.0 Å². The van der Waals surface area contributed by atoms with Crippen molar-refractivity contribution in [3.63, 3.8) is 0 Å². The average Bonchev–Trinajstić information content (AvgIpc) is 3.07. The lowest BCUT2D eigenvalue weighted by Gasteiger charge is -2.42. The molecule has 224 valence electrons. The number of esters is 4. The first-order valence-electron chi connectivity index (χ1n) is 13.7. The summed E-state index contributed by atoms with van der Waals surface area (Å²) in [5.74, 6) is -3.21. The van der Waals surface area contributed by atoms with Crippen molar-refractivity contribution in [1.82, 2.24) is 0 Å². The molecule has 3 unspecified atom stereocenters. The maximum Gasteiger partial charge on any atom is 0.338 e. The highest BCUT2D eigenvalue weighted by Crippen LogP contribution is 2.30. The van der Waals surface area contributed by atoms with E-state index in [-0.39, 0.29) is 22.3 Å². The molecule has 1 aliphatic rings. The van der Waals surface area contributed by atoms with E-state index in [1.54, 1.807) is 84.9 Å². The third kappa shape index (κ3) is 7.35. The molecular weight excluding hydrogens is 568 g/mol. The van der Waals surface area contributed by atoms with E-state index in [1.165, 1.54) is 36.4 Å². The molecule has 0 aliphatic carbocycles. The molecule has 0 bridgehead atoms. The van der Waals surface area contributed by atoms with Gasteiger partial charge in [-0.15, -0.1) is 0 Å². The molecule has 0 spiro atoms. The number of rotatable bonds is 9. The molecule has 1 aliphatic heterocycles. The maximum atomic E-state index is 13.3. The van der Waals surface area contributed by atoms with E-state index in [0.29, 0.717) is 0 Å². The van der Waals surface area contributed by atoms with E-state index >= 15 is 0 Å². The molecular formula is C34H28O10. The fraction of sp³-hybridized carbons (Fsp3) is 0.176. The summed E-state index contributed by atoms with van der Waals surface area (Å²) in [4.78, 5) is 52.3. The quantitative estimate of drug-likeness (QED) is 0.221. The van der Waals surface area contributed by atoms with E-state index < -0.39 is 61.2 Å². The number of benzene rings is 4. The van der Waals surface area contributed by atoms with Crippen LogP contribution < -0.4 is 0 Å². The third-order valence-electron chi connectivity index (χ3n) is 6.76. The van der Waals surface area contributed by atoms with Crippen LogP contribution >= 0.6 is 0 Å². The van der Waals surface area contributed by atoms with Gasteiger partial charge in [0.25, 0.3) is 0 Å². The van der Waals surface area contributed by atoms with Crippen LogP contribution in [0.4, 0.5) is 0 Å². The van der Waals surface area contributed by atoms with Crippen LogP contribution in [0.3, 0.4) is 0 Å². The van der Waals surface area contributed by atoms with Gasteiger partial charge < -0.3 is 28.8 Å². The topological polar surface area (TPSA) is 135 Å². The van der Waals surface area contributed by atoms with Gasteiger partial charge in [0.2, 0.25) is 0 Å². The summed E-state index contributed by atoms with van der Waals surface area (Å²) < 4.78 is 28.4. The molecule has 44 heavy (non-hydrogen) atoms. The zero-order chi connectivity index (χ0) is 30.9. The Bertz CT molecular complexity index is 1560. The Labute approximate surface area is 252 Å². The Balaban J connectivity index is 1.48. The molecule has 0 radical (unpaired) electrons. The lowest BCUT2D eigenvalue weighted by Crippen LogP contribution is -2.62. The normalized spacial score (nSPS) is 21.0. The minimum absolute atomic E-state index is 0.154. The van der Waals surface area contributed by atoms with Crippen LogP contribution in [0.5, 0.6) is 0 Å². The smallest absolute Gasteiger partial charge is 0.338 e. The molecule has 4 aromatic carbocycles. The minimum atomic E-state index is -1.86. The van der Waals surface area contributed by atoms with Gasteiger partial charge in [-0.3, -0.25) is 0 Å². The van der Waals surface area contributed by atoms with Crippen LogP contribution in [0.15, 0.2) is 121 Å². The SMILES string of the molecule is O=C(OCC1O[C@H](O)C(OC(=O)c2ccccc2)C(OC(=O)c2ccccc2)[C@@H]1OC(=O)c1ccccc1)c1ccccc1. The second-order valence-corrected chi connectivity index (χ2v) is 9.74. The first kappa shape index (κ1) is 30.1. The zero-order valence-electron chi connectivity index (χ0n) is 23.3. The van der Waals surface area contributed by atoms with E-state index in [0.717, 1.165) is 0 Å². The molecule has 0 saturated carbocycles. The summed E-state index contributed by atoms with van der Waals surface area (Å²) in [6.07, 6.45) is -7.89. The van der Waals surface area contributed by atoms with E-state index in [1.807, 2.05) is 0 Å².